The first-order valence-electron chi connectivity index (χ1n) is 4.10. The third kappa shape index (κ3) is 1.77. The fourth-order valence-corrected chi connectivity index (χ4v) is 1.53. The number of halogens is 1. The predicted molar refractivity (Wildman–Crippen MR) is 51.3 cm³/mol. The van der Waals surface area contributed by atoms with Crippen LogP contribution in [0.15, 0.2) is 16.9 Å². The van der Waals surface area contributed by atoms with E-state index in [2.05, 4.69) is 20.9 Å². The molecular formula is C9H7BrN2O2. The molecule has 0 radical (unpaired) electrons. The van der Waals surface area contributed by atoms with Crippen LogP contribution in [0.1, 0.15) is 17.4 Å². The van der Waals surface area contributed by atoms with Crippen LogP contribution in [0.25, 0.3) is 0 Å². The lowest BCUT2D eigenvalue weighted by Crippen LogP contribution is -1.99. The van der Waals surface area contributed by atoms with Crippen LogP contribution >= 0.6 is 15.9 Å². The molecule has 72 valence electrons. The minimum absolute atomic E-state index is 0.373. The fraction of sp³-hybridized carbons (Fsp3) is 0.333. The smallest absolute Gasteiger partial charge is 0.185 e. The van der Waals surface area contributed by atoms with Crippen LogP contribution in [-0.2, 0) is 9.47 Å². The van der Waals surface area contributed by atoms with Gasteiger partial charge in [0.2, 0.25) is 0 Å². The molecule has 0 bridgehead atoms. The van der Waals surface area contributed by atoms with Gasteiger partial charge in [0.25, 0.3) is 0 Å². The number of nitrogens with zero attached hydrogens (tertiary/aromatic N) is 2. The summed E-state index contributed by atoms with van der Waals surface area (Å²) in [4.78, 5) is 4.03. The SMILES string of the molecule is N#Cc1cc(C2OCCO2)cnc1Br. The number of pyridine rings is 1. The van der Waals surface area contributed by atoms with E-state index in [9.17, 15) is 0 Å². The summed E-state index contributed by atoms with van der Waals surface area (Å²) in [5.74, 6) is 0. The zero-order chi connectivity index (χ0) is 9.97. The standard InChI is InChI=1S/C9H7BrN2O2/c10-8-6(4-11)3-7(5-12-8)9-13-1-2-14-9/h3,5,9H,1-2H2. The molecule has 1 fully saturated rings. The Morgan fingerprint density at radius 2 is 2.21 bits per heavy atom. The molecule has 0 saturated carbocycles. The van der Waals surface area contributed by atoms with Gasteiger partial charge in [-0.25, -0.2) is 4.98 Å². The summed E-state index contributed by atoms with van der Waals surface area (Å²) in [5.41, 5.74) is 1.27. The van der Waals surface area contributed by atoms with Crippen molar-refractivity contribution in [3.8, 4) is 6.07 Å². The van der Waals surface area contributed by atoms with Gasteiger partial charge < -0.3 is 9.47 Å². The van der Waals surface area contributed by atoms with Crippen molar-refractivity contribution in [3.05, 3.63) is 28.0 Å². The van der Waals surface area contributed by atoms with Crippen molar-refractivity contribution in [3.63, 3.8) is 0 Å². The van der Waals surface area contributed by atoms with Crippen molar-refractivity contribution < 1.29 is 9.47 Å². The van der Waals surface area contributed by atoms with Gasteiger partial charge >= 0.3 is 0 Å². The molecule has 0 aromatic carbocycles. The Kier molecular flexibility index (Phi) is 2.77. The minimum atomic E-state index is -0.373. The Hall–Kier alpha value is -0.960. The molecule has 5 heteroatoms. The number of hydrogen-bond acceptors (Lipinski definition) is 4. The van der Waals surface area contributed by atoms with Crippen LogP contribution in [-0.4, -0.2) is 18.2 Å². The van der Waals surface area contributed by atoms with E-state index in [1.807, 2.05) is 6.07 Å². The van der Waals surface area contributed by atoms with E-state index in [-0.39, 0.29) is 6.29 Å². The highest BCUT2D eigenvalue weighted by atomic mass is 79.9. The minimum Gasteiger partial charge on any atom is -0.346 e. The second kappa shape index (κ2) is 4.05. The summed E-state index contributed by atoms with van der Waals surface area (Å²) in [6.45, 7) is 1.17. The maximum absolute atomic E-state index is 8.78. The highest BCUT2D eigenvalue weighted by molar-refractivity contribution is 9.10. The van der Waals surface area contributed by atoms with Crippen molar-refractivity contribution in [2.45, 2.75) is 6.29 Å². The van der Waals surface area contributed by atoms with Gasteiger partial charge in [0.05, 0.1) is 18.8 Å². The Morgan fingerprint density at radius 3 is 2.86 bits per heavy atom. The molecular weight excluding hydrogens is 248 g/mol. The molecule has 0 atom stereocenters. The Bertz CT molecular complexity index is 383. The van der Waals surface area contributed by atoms with Crippen molar-refractivity contribution in [1.82, 2.24) is 4.98 Å². The zero-order valence-electron chi connectivity index (χ0n) is 7.24. The fourth-order valence-electron chi connectivity index (χ4n) is 1.22. The summed E-state index contributed by atoms with van der Waals surface area (Å²) in [5, 5.41) is 8.78. The van der Waals surface area contributed by atoms with E-state index in [4.69, 9.17) is 14.7 Å². The number of ether oxygens (including phenoxy) is 2. The predicted octanol–water partition coefficient (Wildman–Crippen LogP) is 1.76. The van der Waals surface area contributed by atoms with Gasteiger partial charge in [-0.05, 0) is 22.0 Å². The van der Waals surface area contributed by atoms with E-state index in [0.29, 0.717) is 23.4 Å². The van der Waals surface area contributed by atoms with E-state index in [1.54, 1.807) is 12.3 Å². The average molecular weight is 255 g/mol. The second-order valence-corrected chi connectivity index (χ2v) is 3.54. The average Bonchev–Trinajstić information content (AvgIpc) is 2.71. The van der Waals surface area contributed by atoms with Crippen LogP contribution in [0, 0.1) is 11.3 Å². The van der Waals surface area contributed by atoms with Crippen molar-refractivity contribution in [1.29, 1.82) is 5.26 Å². The van der Waals surface area contributed by atoms with Gasteiger partial charge in [-0.15, -0.1) is 0 Å². The van der Waals surface area contributed by atoms with Crippen LogP contribution in [0.5, 0.6) is 0 Å². The van der Waals surface area contributed by atoms with Crippen LogP contribution in [0.2, 0.25) is 0 Å². The molecule has 0 spiro atoms. The first-order valence-corrected chi connectivity index (χ1v) is 4.89. The molecule has 0 amide bonds. The number of rotatable bonds is 1. The molecule has 1 aliphatic rings. The maximum Gasteiger partial charge on any atom is 0.185 e. The first-order chi connectivity index (χ1) is 6.81. The van der Waals surface area contributed by atoms with Crippen molar-refractivity contribution >= 4 is 15.9 Å². The third-order valence-electron chi connectivity index (χ3n) is 1.87. The van der Waals surface area contributed by atoms with Crippen LogP contribution in [0.3, 0.4) is 0 Å². The topological polar surface area (TPSA) is 55.1 Å². The van der Waals surface area contributed by atoms with Gasteiger partial charge in [-0.3, -0.25) is 0 Å². The number of nitriles is 1. The van der Waals surface area contributed by atoms with Gasteiger partial charge in [0.15, 0.2) is 6.29 Å². The quantitative estimate of drug-likeness (QED) is 0.717. The summed E-state index contributed by atoms with van der Waals surface area (Å²) < 4.78 is 11.1. The summed E-state index contributed by atoms with van der Waals surface area (Å²) in [6, 6.07) is 3.75. The lowest BCUT2D eigenvalue weighted by atomic mass is 10.2. The lowest BCUT2D eigenvalue weighted by Gasteiger charge is -2.08. The Labute approximate surface area is 89.6 Å². The number of aromatic nitrogens is 1. The van der Waals surface area contributed by atoms with E-state index >= 15 is 0 Å². The van der Waals surface area contributed by atoms with Gasteiger partial charge in [0.1, 0.15) is 10.7 Å². The molecule has 2 heterocycles. The van der Waals surface area contributed by atoms with Crippen molar-refractivity contribution in [2.75, 3.05) is 13.2 Å². The summed E-state index contributed by atoms with van der Waals surface area (Å²) >= 11 is 3.18. The van der Waals surface area contributed by atoms with Crippen LogP contribution in [0.4, 0.5) is 0 Å². The van der Waals surface area contributed by atoms with E-state index in [0.717, 1.165) is 5.56 Å². The molecule has 0 aliphatic carbocycles. The molecule has 1 aliphatic heterocycles. The zero-order valence-corrected chi connectivity index (χ0v) is 8.82. The van der Waals surface area contributed by atoms with Gasteiger partial charge in [-0.2, -0.15) is 5.26 Å². The van der Waals surface area contributed by atoms with Gasteiger partial charge in [0, 0.05) is 11.8 Å². The summed E-state index contributed by atoms with van der Waals surface area (Å²) in [7, 11) is 0. The normalized spacial score (nSPS) is 16.9. The highest BCUT2D eigenvalue weighted by Crippen LogP contribution is 2.25. The molecule has 0 N–H and O–H groups in total. The highest BCUT2D eigenvalue weighted by Gasteiger charge is 2.19. The first kappa shape index (κ1) is 9.59. The molecule has 0 unspecified atom stereocenters. The molecule has 14 heavy (non-hydrogen) atoms. The molecule has 2 rings (SSSR count). The summed E-state index contributed by atoms with van der Waals surface area (Å²) in [6.07, 6.45) is 1.27. The second-order valence-electron chi connectivity index (χ2n) is 2.79. The third-order valence-corrected chi connectivity index (χ3v) is 2.51. The largest absolute Gasteiger partial charge is 0.346 e. The molecule has 1 aromatic heterocycles. The monoisotopic (exact) mass is 254 g/mol. The van der Waals surface area contributed by atoms with E-state index < -0.39 is 0 Å². The molecule has 4 nitrogen and oxygen atoms in total. The van der Waals surface area contributed by atoms with Crippen molar-refractivity contribution in [2.24, 2.45) is 0 Å². The number of hydrogen-bond donors (Lipinski definition) is 0. The Morgan fingerprint density at radius 1 is 1.50 bits per heavy atom. The maximum atomic E-state index is 8.78. The Balaban J connectivity index is 2.31. The van der Waals surface area contributed by atoms with Gasteiger partial charge in [-0.1, -0.05) is 0 Å². The van der Waals surface area contributed by atoms with Crippen LogP contribution < -0.4 is 0 Å². The van der Waals surface area contributed by atoms with E-state index in [1.165, 1.54) is 0 Å². The lowest BCUT2D eigenvalue weighted by molar-refractivity contribution is -0.0443. The molecule has 1 saturated heterocycles. The molecule has 1 aromatic rings.